The van der Waals surface area contributed by atoms with E-state index in [9.17, 15) is 4.79 Å². The maximum Gasteiger partial charge on any atom is 0.306 e. The van der Waals surface area contributed by atoms with Gasteiger partial charge in [-0.1, -0.05) is 13.8 Å². The minimum absolute atomic E-state index is 0.0481. The summed E-state index contributed by atoms with van der Waals surface area (Å²) in [5.74, 6) is 0.893. The summed E-state index contributed by atoms with van der Waals surface area (Å²) in [4.78, 5) is 10.7. The van der Waals surface area contributed by atoms with E-state index in [-0.39, 0.29) is 5.92 Å². The molecule has 2 aliphatic carbocycles. The van der Waals surface area contributed by atoms with Gasteiger partial charge in [-0.3, -0.25) is 4.79 Å². The van der Waals surface area contributed by atoms with Gasteiger partial charge in [-0.25, -0.2) is 0 Å². The minimum atomic E-state index is -0.587. The van der Waals surface area contributed by atoms with Crippen LogP contribution in [0.4, 0.5) is 0 Å². The topological polar surface area (TPSA) is 37.3 Å². The zero-order chi connectivity index (χ0) is 8.93. The van der Waals surface area contributed by atoms with Crippen molar-refractivity contribution in [2.24, 2.45) is 23.2 Å². The van der Waals surface area contributed by atoms with Gasteiger partial charge in [0.2, 0.25) is 0 Å². The Morgan fingerprint density at radius 2 is 2.00 bits per heavy atom. The fraction of sp³-hybridized carbons (Fsp3) is 0.900. The number of carboxylic acids is 1. The molecule has 0 heterocycles. The van der Waals surface area contributed by atoms with Gasteiger partial charge in [0.1, 0.15) is 0 Å². The fourth-order valence-corrected chi connectivity index (χ4v) is 2.93. The van der Waals surface area contributed by atoms with Crippen LogP contribution in [0.15, 0.2) is 0 Å². The number of carboxylic acid groups (broad SMARTS) is 1. The molecule has 2 rings (SSSR count). The minimum Gasteiger partial charge on any atom is -0.481 e. The molecule has 2 fully saturated rings. The van der Waals surface area contributed by atoms with Crippen molar-refractivity contribution < 1.29 is 9.90 Å². The maximum atomic E-state index is 10.7. The molecule has 0 aromatic heterocycles. The zero-order valence-electron chi connectivity index (χ0n) is 7.71. The highest BCUT2D eigenvalue weighted by Gasteiger charge is 2.59. The number of aliphatic carboxylic acids is 1. The molecule has 3 atom stereocenters. The molecule has 0 spiro atoms. The molecule has 0 amide bonds. The predicted molar refractivity (Wildman–Crippen MR) is 45.7 cm³/mol. The normalized spacial score (nSPS) is 43.3. The van der Waals surface area contributed by atoms with Gasteiger partial charge in [0.05, 0.1) is 5.92 Å². The zero-order valence-corrected chi connectivity index (χ0v) is 7.71. The second-order valence-corrected chi connectivity index (χ2v) is 4.88. The molecule has 0 aromatic rings. The van der Waals surface area contributed by atoms with Crippen molar-refractivity contribution in [3.05, 3.63) is 0 Å². The van der Waals surface area contributed by atoms with Crippen LogP contribution in [0.2, 0.25) is 0 Å². The van der Waals surface area contributed by atoms with Crippen molar-refractivity contribution in [1.29, 1.82) is 0 Å². The molecule has 2 saturated carbocycles. The van der Waals surface area contributed by atoms with E-state index in [1.807, 2.05) is 0 Å². The van der Waals surface area contributed by atoms with Crippen LogP contribution in [0.1, 0.15) is 33.1 Å². The van der Waals surface area contributed by atoms with Crippen LogP contribution < -0.4 is 0 Å². The van der Waals surface area contributed by atoms with Crippen molar-refractivity contribution in [3.8, 4) is 0 Å². The summed E-state index contributed by atoms with van der Waals surface area (Å²) >= 11 is 0. The number of rotatable bonds is 1. The van der Waals surface area contributed by atoms with E-state index in [1.165, 1.54) is 0 Å². The molecule has 1 N–H and O–H groups in total. The third-order valence-corrected chi connectivity index (χ3v) is 4.00. The largest absolute Gasteiger partial charge is 0.481 e. The summed E-state index contributed by atoms with van der Waals surface area (Å²) in [5.41, 5.74) is 0.449. The number of hydrogen-bond donors (Lipinski definition) is 1. The van der Waals surface area contributed by atoms with E-state index in [2.05, 4.69) is 13.8 Å². The number of hydrogen-bond acceptors (Lipinski definition) is 1. The van der Waals surface area contributed by atoms with Gasteiger partial charge in [-0.15, -0.1) is 0 Å². The second kappa shape index (κ2) is 2.24. The van der Waals surface area contributed by atoms with Crippen molar-refractivity contribution in [2.45, 2.75) is 33.1 Å². The number of carbonyl (C=O) groups is 1. The first-order valence-corrected chi connectivity index (χ1v) is 4.76. The lowest BCUT2D eigenvalue weighted by molar-refractivity contribution is -0.142. The highest BCUT2D eigenvalue weighted by atomic mass is 16.4. The average molecular weight is 168 g/mol. The number of fused-ring (bicyclic) bond motifs is 1. The third kappa shape index (κ3) is 0.970. The first-order chi connectivity index (χ1) is 5.53. The van der Waals surface area contributed by atoms with Crippen molar-refractivity contribution in [3.63, 3.8) is 0 Å². The van der Waals surface area contributed by atoms with Gasteiger partial charge >= 0.3 is 5.97 Å². The summed E-state index contributed by atoms with van der Waals surface area (Å²) in [6, 6.07) is 0. The molecule has 0 aromatic carbocycles. The Morgan fingerprint density at radius 3 is 2.50 bits per heavy atom. The summed E-state index contributed by atoms with van der Waals surface area (Å²) in [6.45, 7) is 4.54. The Hall–Kier alpha value is -0.530. The Kier molecular flexibility index (Phi) is 1.51. The monoisotopic (exact) mass is 168 g/mol. The molecule has 2 nitrogen and oxygen atoms in total. The highest BCUT2D eigenvalue weighted by molar-refractivity contribution is 5.70. The van der Waals surface area contributed by atoms with Crippen LogP contribution >= 0.6 is 0 Å². The molecule has 0 aliphatic heterocycles. The van der Waals surface area contributed by atoms with Gasteiger partial charge < -0.3 is 5.11 Å². The van der Waals surface area contributed by atoms with Crippen LogP contribution in [0.5, 0.6) is 0 Å². The predicted octanol–water partition coefficient (Wildman–Crippen LogP) is 2.14. The van der Waals surface area contributed by atoms with E-state index < -0.39 is 5.97 Å². The lowest BCUT2D eigenvalue weighted by atomic mass is 9.89. The molecule has 0 saturated heterocycles. The van der Waals surface area contributed by atoms with Crippen LogP contribution in [0, 0.1) is 23.2 Å². The van der Waals surface area contributed by atoms with E-state index in [0.717, 1.165) is 25.2 Å². The molecule has 2 heteroatoms. The summed E-state index contributed by atoms with van der Waals surface area (Å²) in [6.07, 6.45) is 2.96. The molecule has 0 radical (unpaired) electrons. The highest BCUT2D eigenvalue weighted by Crippen LogP contribution is 2.65. The van der Waals surface area contributed by atoms with Gasteiger partial charge in [0, 0.05) is 0 Å². The molecule has 0 unspecified atom stereocenters. The fourth-order valence-electron chi connectivity index (χ4n) is 2.93. The Bertz CT molecular complexity index is 220. The van der Waals surface area contributed by atoms with Crippen molar-refractivity contribution in [1.82, 2.24) is 0 Å². The smallest absolute Gasteiger partial charge is 0.306 e. The second-order valence-electron chi connectivity index (χ2n) is 4.88. The Balaban J connectivity index is 2.01. The quantitative estimate of drug-likeness (QED) is 0.651. The molecule has 0 bridgehead atoms. The Morgan fingerprint density at radius 1 is 1.33 bits per heavy atom. The van der Waals surface area contributed by atoms with Crippen LogP contribution in [-0.2, 0) is 4.79 Å². The molecule has 12 heavy (non-hydrogen) atoms. The average Bonchev–Trinajstić information content (AvgIpc) is 2.55. The maximum absolute atomic E-state index is 10.7. The van der Waals surface area contributed by atoms with Crippen LogP contribution in [0.25, 0.3) is 0 Å². The van der Waals surface area contributed by atoms with Crippen LogP contribution in [-0.4, -0.2) is 11.1 Å². The van der Waals surface area contributed by atoms with Crippen molar-refractivity contribution in [2.75, 3.05) is 0 Å². The van der Waals surface area contributed by atoms with Crippen molar-refractivity contribution >= 4 is 5.97 Å². The van der Waals surface area contributed by atoms with E-state index in [0.29, 0.717) is 11.3 Å². The molecular weight excluding hydrogens is 152 g/mol. The first kappa shape index (κ1) is 8.09. The first-order valence-electron chi connectivity index (χ1n) is 4.76. The molecule has 2 aliphatic rings. The summed E-state index contributed by atoms with van der Waals surface area (Å²) in [7, 11) is 0. The van der Waals surface area contributed by atoms with Gasteiger partial charge in [-0.05, 0) is 36.5 Å². The van der Waals surface area contributed by atoms with E-state index in [4.69, 9.17) is 5.11 Å². The van der Waals surface area contributed by atoms with E-state index in [1.54, 1.807) is 0 Å². The summed E-state index contributed by atoms with van der Waals surface area (Å²) < 4.78 is 0. The Labute approximate surface area is 73.0 Å². The van der Waals surface area contributed by atoms with Gasteiger partial charge in [-0.2, -0.15) is 0 Å². The molecular formula is C10H16O2. The third-order valence-electron chi connectivity index (χ3n) is 4.00. The lowest BCUT2D eigenvalue weighted by Crippen LogP contribution is -2.17. The van der Waals surface area contributed by atoms with Gasteiger partial charge in [0.15, 0.2) is 0 Å². The van der Waals surface area contributed by atoms with Crippen LogP contribution in [0.3, 0.4) is 0 Å². The molecule has 68 valence electrons. The van der Waals surface area contributed by atoms with E-state index >= 15 is 0 Å². The standard InChI is InChI=1S/C10H16O2/c1-10(2)7-4-3-6(9(11)12)5-8(7)10/h6-8H,3-5H2,1-2H3,(H,11,12)/t6-,7+,8-/m1/s1. The SMILES string of the molecule is CC1(C)[C@@H]2C[C@H](C(=O)O)CC[C@@H]21. The summed E-state index contributed by atoms with van der Waals surface area (Å²) in [5, 5.41) is 8.84. The lowest BCUT2D eigenvalue weighted by Gasteiger charge is -2.15. The van der Waals surface area contributed by atoms with Gasteiger partial charge in [0.25, 0.3) is 0 Å².